The second-order valence-electron chi connectivity index (χ2n) is 9.87. The van der Waals surface area contributed by atoms with Crippen molar-refractivity contribution in [1.82, 2.24) is 34.6 Å². The zero-order valence-electron chi connectivity index (χ0n) is 22.6. The number of benzene rings is 1. The number of carbonyl (C=O) groups excluding carboxylic acids is 2. The smallest absolute Gasteiger partial charge is 0.410 e. The maximum absolute atomic E-state index is 12.8. The molecule has 3 heterocycles. The van der Waals surface area contributed by atoms with Crippen LogP contribution in [0.4, 0.5) is 4.79 Å². The van der Waals surface area contributed by atoms with Gasteiger partial charge in [-0.2, -0.15) is 5.10 Å². The Morgan fingerprint density at radius 1 is 1.05 bits per heavy atom. The largest absolute Gasteiger partial charge is 0.443 e. The van der Waals surface area contributed by atoms with E-state index in [0.717, 1.165) is 11.3 Å². The van der Waals surface area contributed by atoms with Crippen LogP contribution in [0.5, 0.6) is 0 Å². The predicted octanol–water partition coefficient (Wildman–Crippen LogP) is 2.98. The Labute approximate surface area is 234 Å². The van der Waals surface area contributed by atoms with Crippen molar-refractivity contribution in [3.05, 3.63) is 83.6 Å². The van der Waals surface area contributed by atoms with E-state index in [1.165, 1.54) is 4.90 Å². The number of hydrogen-bond donors (Lipinski definition) is 2. The number of rotatable bonds is 11. The van der Waals surface area contributed by atoms with E-state index in [0.29, 0.717) is 30.3 Å². The van der Waals surface area contributed by atoms with Crippen molar-refractivity contribution in [2.75, 3.05) is 13.7 Å². The summed E-state index contributed by atoms with van der Waals surface area (Å²) in [4.78, 5) is 27.0. The molecule has 0 aliphatic heterocycles. The molecule has 3 N–H and O–H groups in total. The first kappa shape index (κ1) is 30.3. The monoisotopic (exact) mass is 550 g/mol. The van der Waals surface area contributed by atoms with Gasteiger partial charge in [0.2, 0.25) is 5.91 Å². The zero-order valence-corrected chi connectivity index (χ0v) is 22.6. The Hall–Kier alpha value is -4.29. The van der Waals surface area contributed by atoms with Crippen LogP contribution in [0.2, 0.25) is 0 Å². The van der Waals surface area contributed by atoms with Gasteiger partial charge in [0.15, 0.2) is 11.5 Å². The quantitative estimate of drug-likeness (QED) is 0.290. The van der Waals surface area contributed by atoms with Gasteiger partial charge in [0, 0.05) is 20.3 Å². The van der Waals surface area contributed by atoms with Gasteiger partial charge in [-0.3, -0.25) is 13.9 Å². The van der Waals surface area contributed by atoms with Crippen LogP contribution < -0.4 is 11.1 Å². The number of carbonyl (C=O) groups is 2. The summed E-state index contributed by atoms with van der Waals surface area (Å²) in [6.45, 7) is 4.03. The molecule has 12 nitrogen and oxygen atoms in total. The zero-order chi connectivity index (χ0) is 28.0. The number of nitrogens with one attached hydrogen (secondary N) is 1. The standard InChI is InChI=1S/C27H34N8O4.CH4/c1-27(2,28)25(36)30-22(18-38-16-19-9-6-5-7-10-19)24-32-31-23-12-8-11-21(35(23)24)17-39-26(37)33(3)15-20-13-14-29-34(20)4;/h5-14,22H,15-18,28H2,1-4H3,(H,30,36);1H4/t22-;/m1./s1. The molecule has 4 rings (SSSR count). The molecule has 0 saturated carbocycles. The minimum Gasteiger partial charge on any atom is -0.443 e. The molecule has 214 valence electrons. The highest BCUT2D eigenvalue weighted by molar-refractivity contribution is 5.85. The summed E-state index contributed by atoms with van der Waals surface area (Å²) in [6, 6.07) is 16.3. The molecule has 0 bridgehead atoms. The van der Waals surface area contributed by atoms with Crippen LogP contribution >= 0.6 is 0 Å². The van der Waals surface area contributed by atoms with Crippen molar-refractivity contribution in [3.63, 3.8) is 0 Å². The molecule has 0 unspecified atom stereocenters. The Morgan fingerprint density at radius 2 is 1.80 bits per heavy atom. The third-order valence-electron chi connectivity index (χ3n) is 6.11. The number of amides is 2. The lowest BCUT2D eigenvalue weighted by Gasteiger charge is -2.24. The van der Waals surface area contributed by atoms with E-state index in [-0.39, 0.29) is 26.5 Å². The molecule has 40 heavy (non-hydrogen) atoms. The SMILES string of the molecule is C.CN(Cc1ccnn1C)C(=O)OCc1cccc2nnc([C@@H](COCc3ccccc3)NC(=O)C(C)(C)N)n12. The molecule has 0 aliphatic carbocycles. The van der Waals surface area contributed by atoms with Gasteiger partial charge in [-0.25, -0.2) is 4.79 Å². The van der Waals surface area contributed by atoms with Gasteiger partial charge >= 0.3 is 6.09 Å². The number of aromatic nitrogens is 5. The summed E-state index contributed by atoms with van der Waals surface area (Å²) in [6.07, 6.45) is 1.18. The van der Waals surface area contributed by atoms with E-state index in [1.54, 1.807) is 48.3 Å². The van der Waals surface area contributed by atoms with Crippen molar-refractivity contribution < 1.29 is 19.1 Å². The summed E-state index contributed by atoms with van der Waals surface area (Å²) >= 11 is 0. The summed E-state index contributed by atoms with van der Waals surface area (Å²) in [5.74, 6) is 0.0683. The molecular formula is C28H38N8O4. The first-order valence-electron chi connectivity index (χ1n) is 12.5. The fourth-order valence-corrected chi connectivity index (χ4v) is 3.87. The van der Waals surface area contributed by atoms with E-state index < -0.39 is 17.7 Å². The highest BCUT2D eigenvalue weighted by atomic mass is 16.6. The molecule has 3 aromatic heterocycles. The molecule has 1 atom stereocenters. The topological polar surface area (TPSA) is 142 Å². The Bertz CT molecular complexity index is 1410. The second-order valence-corrected chi connectivity index (χ2v) is 9.87. The lowest BCUT2D eigenvalue weighted by molar-refractivity contribution is -0.126. The van der Waals surface area contributed by atoms with E-state index >= 15 is 0 Å². The normalized spacial score (nSPS) is 12.0. The summed E-state index contributed by atoms with van der Waals surface area (Å²) in [5.41, 5.74) is 7.96. The number of aryl methyl sites for hydroxylation is 1. The van der Waals surface area contributed by atoms with Crippen molar-refractivity contribution >= 4 is 17.6 Å². The van der Waals surface area contributed by atoms with Crippen LogP contribution in [0.25, 0.3) is 5.65 Å². The third kappa shape index (κ3) is 7.42. The minimum atomic E-state index is -1.12. The molecule has 0 spiro atoms. The summed E-state index contributed by atoms with van der Waals surface area (Å²) in [7, 11) is 3.47. The first-order chi connectivity index (χ1) is 18.6. The van der Waals surface area contributed by atoms with Gasteiger partial charge in [-0.1, -0.05) is 43.8 Å². The van der Waals surface area contributed by atoms with Crippen LogP contribution in [-0.2, 0) is 41.1 Å². The third-order valence-corrected chi connectivity index (χ3v) is 6.11. The first-order valence-corrected chi connectivity index (χ1v) is 12.5. The average Bonchev–Trinajstić information content (AvgIpc) is 3.53. The van der Waals surface area contributed by atoms with Crippen molar-refractivity contribution in [2.24, 2.45) is 12.8 Å². The van der Waals surface area contributed by atoms with E-state index in [4.69, 9.17) is 15.2 Å². The Kier molecular flexibility index (Phi) is 9.97. The minimum absolute atomic E-state index is 0. The van der Waals surface area contributed by atoms with Crippen LogP contribution in [-0.4, -0.2) is 60.5 Å². The fourth-order valence-electron chi connectivity index (χ4n) is 3.87. The number of nitrogens with zero attached hydrogens (tertiary/aromatic N) is 6. The molecule has 12 heteroatoms. The summed E-state index contributed by atoms with van der Waals surface area (Å²) < 4.78 is 15.0. The second kappa shape index (κ2) is 13.2. The number of pyridine rings is 1. The predicted molar refractivity (Wildman–Crippen MR) is 150 cm³/mol. The van der Waals surface area contributed by atoms with Gasteiger partial charge in [-0.05, 0) is 37.6 Å². The van der Waals surface area contributed by atoms with Gasteiger partial charge < -0.3 is 25.4 Å². The molecule has 2 amide bonds. The molecular weight excluding hydrogens is 512 g/mol. The van der Waals surface area contributed by atoms with E-state index in [1.807, 2.05) is 49.5 Å². The Balaban J connectivity index is 0.00000441. The van der Waals surface area contributed by atoms with Crippen molar-refractivity contribution in [3.8, 4) is 0 Å². The van der Waals surface area contributed by atoms with Gasteiger partial charge in [-0.15, -0.1) is 10.2 Å². The highest BCUT2D eigenvalue weighted by Crippen LogP contribution is 2.19. The number of nitrogens with two attached hydrogens (primary N) is 1. The van der Waals surface area contributed by atoms with Gasteiger partial charge in [0.05, 0.1) is 36.7 Å². The maximum atomic E-state index is 12.8. The Morgan fingerprint density at radius 3 is 2.48 bits per heavy atom. The summed E-state index contributed by atoms with van der Waals surface area (Å²) in [5, 5.41) is 15.7. The molecule has 4 aromatic rings. The fraction of sp³-hybridized carbons (Fsp3) is 0.393. The molecule has 1 aromatic carbocycles. The van der Waals surface area contributed by atoms with Crippen molar-refractivity contribution in [1.29, 1.82) is 0 Å². The van der Waals surface area contributed by atoms with Crippen LogP contribution in [0.15, 0.2) is 60.8 Å². The van der Waals surface area contributed by atoms with Crippen LogP contribution in [0.1, 0.15) is 50.1 Å². The molecule has 0 radical (unpaired) electrons. The lowest BCUT2D eigenvalue weighted by atomic mass is 10.1. The molecule has 0 saturated heterocycles. The van der Waals surface area contributed by atoms with E-state index in [2.05, 4.69) is 20.6 Å². The number of ether oxygens (including phenoxy) is 2. The van der Waals surface area contributed by atoms with Crippen LogP contribution in [0.3, 0.4) is 0 Å². The molecule has 0 aliphatic rings. The number of hydrogen-bond acceptors (Lipinski definition) is 8. The molecule has 0 fully saturated rings. The van der Waals surface area contributed by atoms with Gasteiger partial charge in [0.1, 0.15) is 12.6 Å². The lowest BCUT2D eigenvalue weighted by Crippen LogP contribution is -2.51. The van der Waals surface area contributed by atoms with Crippen molar-refractivity contribution in [2.45, 2.75) is 52.6 Å². The maximum Gasteiger partial charge on any atom is 0.410 e. The van der Waals surface area contributed by atoms with Gasteiger partial charge in [0.25, 0.3) is 0 Å². The van der Waals surface area contributed by atoms with E-state index in [9.17, 15) is 9.59 Å². The average molecular weight is 551 g/mol. The highest BCUT2D eigenvalue weighted by Gasteiger charge is 2.28. The number of fused-ring (bicyclic) bond motifs is 1. The van der Waals surface area contributed by atoms with Crippen LogP contribution in [0, 0.1) is 0 Å².